The SMILES string of the molecule is CC(C)N1CCc2c(sc3ncn4nc(-c5ccncc5)nc4c23)C1. The highest BCUT2D eigenvalue weighted by molar-refractivity contribution is 7.19. The van der Waals surface area contributed by atoms with Crippen LogP contribution in [0.2, 0.25) is 0 Å². The van der Waals surface area contributed by atoms with E-state index in [0.717, 1.165) is 41.4 Å². The van der Waals surface area contributed by atoms with E-state index in [2.05, 4.69) is 33.8 Å². The largest absolute Gasteiger partial charge is 0.296 e. The quantitative estimate of drug-likeness (QED) is 0.556. The first kappa shape index (κ1) is 14.9. The van der Waals surface area contributed by atoms with E-state index in [9.17, 15) is 0 Å². The van der Waals surface area contributed by atoms with Crippen LogP contribution in [0, 0.1) is 0 Å². The van der Waals surface area contributed by atoms with Crippen molar-refractivity contribution in [3.05, 3.63) is 41.3 Å². The van der Waals surface area contributed by atoms with Gasteiger partial charge >= 0.3 is 0 Å². The Kier molecular flexibility index (Phi) is 3.33. The Hall–Kier alpha value is -2.38. The third kappa shape index (κ3) is 2.34. The molecule has 0 aliphatic carbocycles. The fraction of sp³-hybridized carbons (Fsp3) is 0.333. The molecule has 7 heteroatoms. The Bertz CT molecular complexity index is 1070. The number of pyridine rings is 1. The first-order valence-corrected chi connectivity index (χ1v) is 9.32. The van der Waals surface area contributed by atoms with Crippen LogP contribution in [0.15, 0.2) is 30.9 Å². The summed E-state index contributed by atoms with van der Waals surface area (Å²) in [6, 6.07) is 4.43. The number of hydrogen-bond acceptors (Lipinski definition) is 6. The van der Waals surface area contributed by atoms with E-state index in [4.69, 9.17) is 4.98 Å². The number of aromatic nitrogens is 5. The van der Waals surface area contributed by atoms with Crippen LogP contribution in [0.5, 0.6) is 0 Å². The van der Waals surface area contributed by atoms with E-state index in [1.165, 1.54) is 15.8 Å². The van der Waals surface area contributed by atoms with Gasteiger partial charge in [-0.3, -0.25) is 9.88 Å². The van der Waals surface area contributed by atoms with Crippen molar-refractivity contribution in [3.8, 4) is 11.4 Å². The van der Waals surface area contributed by atoms with Crippen LogP contribution in [0.1, 0.15) is 24.3 Å². The summed E-state index contributed by atoms with van der Waals surface area (Å²) < 4.78 is 1.81. The molecule has 0 saturated carbocycles. The van der Waals surface area contributed by atoms with Crippen LogP contribution in [0.3, 0.4) is 0 Å². The lowest BCUT2D eigenvalue weighted by Gasteiger charge is -2.30. The average Bonchev–Trinajstić information content (AvgIpc) is 3.22. The van der Waals surface area contributed by atoms with Gasteiger partial charge in [-0.15, -0.1) is 16.4 Å². The molecule has 0 spiro atoms. The van der Waals surface area contributed by atoms with E-state index >= 15 is 0 Å². The minimum Gasteiger partial charge on any atom is -0.296 e. The zero-order chi connectivity index (χ0) is 17.0. The highest BCUT2D eigenvalue weighted by Crippen LogP contribution is 2.36. The average molecular weight is 350 g/mol. The molecule has 0 radical (unpaired) electrons. The molecule has 0 saturated heterocycles. The summed E-state index contributed by atoms with van der Waals surface area (Å²) in [5.41, 5.74) is 3.29. The van der Waals surface area contributed by atoms with Gasteiger partial charge in [0.05, 0.1) is 5.39 Å². The Morgan fingerprint density at radius 1 is 1.20 bits per heavy atom. The molecule has 25 heavy (non-hydrogen) atoms. The predicted octanol–water partition coefficient (Wildman–Crippen LogP) is 3.17. The minimum atomic E-state index is 0.567. The normalized spacial score (nSPS) is 15.3. The summed E-state index contributed by atoms with van der Waals surface area (Å²) in [6.07, 6.45) is 6.35. The molecule has 5 heterocycles. The van der Waals surface area contributed by atoms with Crippen molar-refractivity contribution in [2.75, 3.05) is 6.54 Å². The van der Waals surface area contributed by atoms with Crippen molar-refractivity contribution < 1.29 is 0 Å². The summed E-state index contributed by atoms with van der Waals surface area (Å²) in [4.78, 5) is 18.5. The van der Waals surface area contributed by atoms with Gasteiger partial charge in [0, 0.05) is 42.0 Å². The minimum absolute atomic E-state index is 0.567. The van der Waals surface area contributed by atoms with Gasteiger partial charge in [-0.05, 0) is 38.0 Å². The predicted molar refractivity (Wildman–Crippen MR) is 98.6 cm³/mol. The number of hydrogen-bond donors (Lipinski definition) is 0. The van der Waals surface area contributed by atoms with E-state index in [1.807, 2.05) is 12.1 Å². The number of rotatable bonds is 2. The summed E-state index contributed by atoms with van der Waals surface area (Å²) in [5.74, 6) is 0.719. The van der Waals surface area contributed by atoms with Gasteiger partial charge in [-0.1, -0.05) is 0 Å². The molecule has 4 aromatic rings. The van der Waals surface area contributed by atoms with Crippen molar-refractivity contribution in [3.63, 3.8) is 0 Å². The maximum absolute atomic E-state index is 4.82. The van der Waals surface area contributed by atoms with Crippen LogP contribution in [-0.4, -0.2) is 42.1 Å². The maximum atomic E-state index is 4.82. The van der Waals surface area contributed by atoms with Gasteiger partial charge in [-0.25, -0.2) is 14.5 Å². The first-order chi connectivity index (χ1) is 12.2. The van der Waals surface area contributed by atoms with E-state index in [1.54, 1.807) is 34.6 Å². The van der Waals surface area contributed by atoms with E-state index in [0.29, 0.717) is 6.04 Å². The lowest BCUT2D eigenvalue weighted by atomic mass is 10.0. The summed E-state index contributed by atoms with van der Waals surface area (Å²) in [5, 5.41) is 5.79. The smallest absolute Gasteiger partial charge is 0.182 e. The second kappa shape index (κ2) is 5.57. The number of nitrogens with zero attached hydrogens (tertiary/aromatic N) is 6. The molecule has 5 rings (SSSR count). The molecule has 0 aromatic carbocycles. The molecule has 6 nitrogen and oxygen atoms in total. The molecular weight excluding hydrogens is 332 g/mol. The van der Waals surface area contributed by atoms with Crippen LogP contribution in [0.4, 0.5) is 0 Å². The Morgan fingerprint density at radius 3 is 2.84 bits per heavy atom. The lowest BCUT2D eigenvalue weighted by Crippen LogP contribution is -2.35. The van der Waals surface area contributed by atoms with Gasteiger partial charge in [0.2, 0.25) is 0 Å². The highest BCUT2D eigenvalue weighted by Gasteiger charge is 2.25. The summed E-state index contributed by atoms with van der Waals surface area (Å²) in [6.45, 7) is 6.61. The van der Waals surface area contributed by atoms with Crippen LogP contribution in [-0.2, 0) is 13.0 Å². The summed E-state index contributed by atoms with van der Waals surface area (Å²) >= 11 is 1.80. The second-order valence-corrected chi connectivity index (χ2v) is 7.77. The monoisotopic (exact) mass is 350 g/mol. The first-order valence-electron chi connectivity index (χ1n) is 8.51. The van der Waals surface area contributed by atoms with E-state index < -0.39 is 0 Å². The number of thiophene rings is 1. The highest BCUT2D eigenvalue weighted by atomic mass is 32.1. The van der Waals surface area contributed by atoms with Crippen LogP contribution in [0.25, 0.3) is 27.3 Å². The lowest BCUT2D eigenvalue weighted by molar-refractivity contribution is 0.206. The van der Waals surface area contributed by atoms with Crippen molar-refractivity contribution >= 4 is 27.2 Å². The van der Waals surface area contributed by atoms with Gasteiger partial charge in [-0.2, -0.15) is 0 Å². The standard InChI is InChI=1S/C18H18N6S/c1-11(2)23-8-5-13-14(9-23)25-18-15(13)17-21-16(22-24(17)10-20-18)12-3-6-19-7-4-12/h3-4,6-7,10-11H,5,8-9H2,1-2H3. The van der Waals surface area contributed by atoms with Gasteiger partial charge in [0.25, 0.3) is 0 Å². The molecule has 1 aliphatic heterocycles. The molecule has 0 atom stereocenters. The second-order valence-electron chi connectivity index (χ2n) is 6.68. The molecule has 0 unspecified atom stereocenters. The summed E-state index contributed by atoms with van der Waals surface area (Å²) in [7, 11) is 0. The van der Waals surface area contributed by atoms with Crippen molar-refractivity contribution in [2.24, 2.45) is 0 Å². The molecule has 1 aliphatic rings. The van der Waals surface area contributed by atoms with Gasteiger partial charge in [0.15, 0.2) is 11.5 Å². The van der Waals surface area contributed by atoms with Crippen molar-refractivity contribution in [1.29, 1.82) is 0 Å². The molecule has 126 valence electrons. The van der Waals surface area contributed by atoms with Crippen LogP contribution >= 0.6 is 11.3 Å². The Balaban J connectivity index is 1.69. The molecular formula is C18H18N6S. The maximum Gasteiger partial charge on any atom is 0.182 e. The third-order valence-electron chi connectivity index (χ3n) is 4.88. The fourth-order valence-corrected chi connectivity index (χ4v) is 4.68. The Labute approximate surface area is 149 Å². The van der Waals surface area contributed by atoms with Crippen LogP contribution < -0.4 is 0 Å². The third-order valence-corrected chi connectivity index (χ3v) is 6.00. The van der Waals surface area contributed by atoms with Gasteiger partial charge in [0.1, 0.15) is 11.2 Å². The molecule has 0 fully saturated rings. The fourth-order valence-electron chi connectivity index (χ4n) is 3.48. The van der Waals surface area contributed by atoms with Gasteiger partial charge < -0.3 is 0 Å². The molecule has 4 aromatic heterocycles. The zero-order valence-corrected chi connectivity index (χ0v) is 15.0. The topological polar surface area (TPSA) is 59.2 Å². The van der Waals surface area contributed by atoms with Crippen molar-refractivity contribution in [1.82, 2.24) is 29.5 Å². The van der Waals surface area contributed by atoms with Crippen molar-refractivity contribution in [2.45, 2.75) is 32.9 Å². The molecule has 0 bridgehead atoms. The van der Waals surface area contributed by atoms with E-state index in [-0.39, 0.29) is 0 Å². The zero-order valence-electron chi connectivity index (χ0n) is 14.2. The Morgan fingerprint density at radius 2 is 2.04 bits per heavy atom. The number of fused-ring (bicyclic) bond motifs is 5. The molecule has 0 N–H and O–H groups in total. The molecule has 0 amide bonds.